The van der Waals surface area contributed by atoms with E-state index in [9.17, 15) is 4.79 Å². The molecule has 1 unspecified atom stereocenters. The highest BCUT2D eigenvalue weighted by Gasteiger charge is 2.29. The molecule has 1 atom stereocenters. The molecule has 86 valence electrons. The lowest BCUT2D eigenvalue weighted by Crippen LogP contribution is -2.10. The second-order valence-corrected chi connectivity index (χ2v) is 3.66. The van der Waals surface area contributed by atoms with E-state index in [1.807, 2.05) is 18.2 Å². The van der Waals surface area contributed by atoms with Gasteiger partial charge in [0.25, 0.3) is 0 Å². The van der Waals surface area contributed by atoms with Crippen LogP contribution >= 0.6 is 0 Å². The maximum absolute atomic E-state index is 11.3. The Bertz CT molecular complexity index is 400. The monoisotopic (exact) mass is 222 g/mol. The molecular formula is C12H14O4. The van der Waals surface area contributed by atoms with Gasteiger partial charge in [-0.05, 0) is 12.1 Å². The zero-order valence-electron chi connectivity index (χ0n) is 9.36. The zero-order valence-corrected chi connectivity index (χ0v) is 9.36. The lowest BCUT2D eigenvalue weighted by Gasteiger charge is -2.10. The van der Waals surface area contributed by atoms with E-state index in [0.717, 1.165) is 17.1 Å². The van der Waals surface area contributed by atoms with Crippen LogP contribution in [0.5, 0.6) is 11.5 Å². The molecule has 4 heteroatoms. The van der Waals surface area contributed by atoms with Crippen LogP contribution in [0.3, 0.4) is 0 Å². The van der Waals surface area contributed by atoms with Gasteiger partial charge in [0.2, 0.25) is 0 Å². The van der Waals surface area contributed by atoms with Gasteiger partial charge in [0.1, 0.15) is 11.5 Å². The molecule has 0 saturated carbocycles. The summed E-state index contributed by atoms with van der Waals surface area (Å²) >= 11 is 0. The summed E-state index contributed by atoms with van der Waals surface area (Å²) in [6, 6.07) is 5.63. The minimum absolute atomic E-state index is 0.0265. The molecule has 0 bridgehead atoms. The topological polar surface area (TPSA) is 44.8 Å². The lowest BCUT2D eigenvalue weighted by molar-refractivity contribution is -0.141. The molecule has 1 heterocycles. The first kappa shape index (κ1) is 10.8. The molecule has 2 rings (SSSR count). The molecule has 0 aromatic heterocycles. The Morgan fingerprint density at radius 1 is 1.50 bits per heavy atom. The van der Waals surface area contributed by atoms with Gasteiger partial charge < -0.3 is 14.2 Å². The van der Waals surface area contributed by atoms with Gasteiger partial charge >= 0.3 is 5.97 Å². The zero-order chi connectivity index (χ0) is 11.5. The Morgan fingerprint density at radius 2 is 2.31 bits per heavy atom. The van der Waals surface area contributed by atoms with Crippen LogP contribution in [0.4, 0.5) is 0 Å². The van der Waals surface area contributed by atoms with E-state index in [-0.39, 0.29) is 11.9 Å². The van der Waals surface area contributed by atoms with Gasteiger partial charge in [-0.15, -0.1) is 0 Å². The molecule has 0 N–H and O–H groups in total. The first-order chi connectivity index (χ1) is 7.76. The average Bonchev–Trinajstić information content (AvgIpc) is 2.72. The first-order valence-electron chi connectivity index (χ1n) is 5.12. The van der Waals surface area contributed by atoms with Gasteiger partial charge in [-0.2, -0.15) is 0 Å². The minimum atomic E-state index is -0.229. The second-order valence-electron chi connectivity index (χ2n) is 3.66. The van der Waals surface area contributed by atoms with Crippen LogP contribution < -0.4 is 9.47 Å². The summed E-state index contributed by atoms with van der Waals surface area (Å²) in [6.45, 7) is 0.505. The smallest absolute Gasteiger partial charge is 0.306 e. The highest BCUT2D eigenvalue weighted by molar-refractivity contribution is 5.71. The second kappa shape index (κ2) is 4.43. The normalized spacial score (nSPS) is 17.5. The third kappa shape index (κ3) is 1.83. The summed E-state index contributed by atoms with van der Waals surface area (Å²) in [7, 11) is 3.00. The Labute approximate surface area is 94.1 Å². The predicted octanol–water partition coefficient (Wildman–Crippen LogP) is 1.73. The highest BCUT2D eigenvalue weighted by atomic mass is 16.5. The Hall–Kier alpha value is -1.71. The van der Waals surface area contributed by atoms with Crippen LogP contribution in [0.25, 0.3) is 0 Å². The fraction of sp³-hybridized carbons (Fsp3) is 0.417. The maximum Gasteiger partial charge on any atom is 0.306 e. The van der Waals surface area contributed by atoms with E-state index in [1.54, 1.807) is 7.11 Å². The van der Waals surface area contributed by atoms with Crippen molar-refractivity contribution >= 4 is 5.97 Å². The Kier molecular flexibility index (Phi) is 2.99. The molecule has 0 radical (unpaired) electrons. The highest BCUT2D eigenvalue weighted by Crippen LogP contribution is 2.41. The predicted molar refractivity (Wildman–Crippen MR) is 57.9 cm³/mol. The molecular weight excluding hydrogens is 208 g/mol. The number of rotatable bonds is 3. The molecule has 0 fully saturated rings. The number of hydrogen-bond acceptors (Lipinski definition) is 4. The van der Waals surface area contributed by atoms with E-state index in [0.29, 0.717) is 13.0 Å². The van der Waals surface area contributed by atoms with Crippen molar-refractivity contribution in [1.82, 2.24) is 0 Å². The van der Waals surface area contributed by atoms with Crippen molar-refractivity contribution in [1.29, 1.82) is 0 Å². The van der Waals surface area contributed by atoms with Crippen molar-refractivity contribution in [2.45, 2.75) is 12.3 Å². The average molecular weight is 222 g/mol. The van der Waals surface area contributed by atoms with Gasteiger partial charge in [0.15, 0.2) is 0 Å². The molecule has 0 amide bonds. The Morgan fingerprint density at radius 3 is 3.00 bits per heavy atom. The number of fused-ring (bicyclic) bond motifs is 1. The van der Waals surface area contributed by atoms with Gasteiger partial charge in [-0.3, -0.25) is 4.79 Å². The molecule has 4 nitrogen and oxygen atoms in total. The standard InChI is InChI=1S/C12H14O4/c1-14-9-4-3-5-10-12(9)8(7-16-10)6-11(13)15-2/h3-5,8H,6-7H2,1-2H3. The van der Waals surface area contributed by atoms with E-state index in [1.165, 1.54) is 7.11 Å². The molecule has 1 aliphatic rings. The number of methoxy groups -OCH3 is 2. The van der Waals surface area contributed by atoms with Crippen LogP contribution in [0.1, 0.15) is 17.9 Å². The van der Waals surface area contributed by atoms with Crippen LogP contribution in [0.2, 0.25) is 0 Å². The van der Waals surface area contributed by atoms with E-state index >= 15 is 0 Å². The van der Waals surface area contributed by atoms with Gasteiger partial charge in [-0.1, -0.05) is 6.07 Å². The van der Waals surface area contributed by atoms with Crippen molar-refractivity contribution < 1.29 is 19.0 Å². The van der Waals surface area contributed by atoms with Crippen molar-refractivity contribution in [2.75, 3.05) is 20.8 Å². The molecule has 1 aliphatic heterocycles. The van der Waals surface area contributed by atoms with Crippen LogP contribution in [-0.4, -0.2) is 26.8 Å². The summed E-state index contributed by atoms with van der Waals surface area (Å²) in [6.07, 6.45) is 0.323. The summed E-state index contributed by atoms with van der Waals surface area (Å²) < 4.78 is 15.4. The third-order valence-corrected chi connectivity index (χ3v) is 2.74. The molecule has 1 aromatic carbocycles. The maximum atomic E-state index is 11.3. The van der Waals surface area contributed by atoms with Crippen molar-refractivity contribution in [2.24, 2.45) is 0 Å². The van der Waals surface area contributed by atoms with Crippen LogP contribution in [0, 0.1) is 0 Å². The summed E-state index contributed by atoms with van der Waals surface area (Å²) in [5, 5.41) is 0. The quantitative estimate of drug-likeness (QED) is 0.731. The molecule has 0 aliphatic carbocycles. The van der Waals surface area contributed by atoms with Crippen LogP contribution in [0.15, 0.2) is 18.2 Å². The number of ether oxygens (including phenoxy) is 3. The summed E-state index contributed by atoms with van der Waals surface area (Å²) in [5.41, 5.74) is 0.968. The summed E-state index contributed by atoms with van der Waals surface area (Å²) in [5.74, 6) is 1.36. The fourth-order valence-corrected chi connectivity index (χ4v) is 1.95. The minimum Gasteiger partial charge on any atom is -0.496 e. The lowest BCUT2D eigenvalue weighted by atomic mass is 9.97. The molecule has 0 spiro atoms. The van der Waals surface area contributed by atoms with Gasteiger partial charge in [-0.25, -0.2) is 0 Å². The largest absolute Gasteiger partial charge is 0.496 e. The van der Waals surface area contributed by atoms with E-state index in [2.05, 4.69) is 4.74 Å². The van der Waals surface area contributed by atoms with Gasteiger partial charge in [0.05, 0.1) is 27.2 Å². The van der Waals surface area contributed by atoms with Crippen molar-refractivity contribution in [3.8, 4) is 11.5 Å². The number of carbonyl (C=O) groups excluding carboxylic acids is 1. The first-order valence-corrected chi connectivity index (χ1v) is 5.12. The molecule has 16 heavy (non-hydrogen) atoms. The third-order valence-electron chi connectivity index (χ3n) is 2.74. The van der Waals surface area contributed by atoms with Crippen molar-refractivity contribution in [3.63, 3.8) is 0 Å². The van der Waals surface area contributed by atoms with E-state index < -0.39 is 0 Å². The number of hydrogen-bond donors (Lipinski definition) is 0. The number of benzene rings is 1. The van der Waals surface area contributed by atoms with Crippen LogP contribution in [-0.2, 0) is 9.53 Å². The molecule has 1 aromatic rings. The van der Waals surface area contributed by atoms with E-state index in [4.69, 9.17) is 9.47 Å². The number of esters is 1. The van der Waals surface area contributed by atoms with Gasteiger partial charge in [0, 0.05) is 11.5 Å². The molecule has 0 saturated heterocycles. The SMILES string of the molecule is COC(=O)CC1COc2cccc(OC)c21. The Balaban J connectivity index is 2.27. The van der Waals surface area contributed by atoms with Crippen molar-refractivity contribution in [3.05, 3.63) is 23.8 Å². The number of carbonyl (C=O) groups is 1. The fourth-order valence-electron chi connectivity index (χ4n) is 1.95. The summed E-state index contributed by atoms with van der Waals surface area (Å²) in [4.78, 5) is 11.3.